The van der Waals surface area contributed by atoms with Crippen LogP contribution in [0.25, 0.3) is 0 Å². The van der Waals surface area contributed by atoms with Crippen LogP contribution >= 0.6 is 11.8 Å². The van der Waals surface area contributed by atoms with E-state index in [-0.39, 0.29) is 0 Å². The molecule has 1 saturated carbocycles. The van der Waals surface area contributed by atoms with Gasteiger partial charge >= 0.3 is 5.97 Å². The van der Waals surface area contributed by atoms with Crippen LogP contribution in [0.2, 0.25) is 0 Å². The highest BCUT2D eigenvalue weighted by Gasteiger charge is 2.39. The molecule has 2 fully saturated rings. The molecule has 4 atom stereocenters. The third-order valence-corrected chi connectivity index (χ3v) is 5.39. The number of nitrogens with two attached hydrogens (primary N) is 1. The third kappa shape index (κ3) is 2.48. The first kappa shape index (κ1) is 11.3. The molecular weight excluding hydrogens is 210 g/mol. The molecular formula is C11H19NO2S. The summed E-state index contributed by atoms with van der Waals surface area (Å²) in [7, 11) is 0. The Hall–Kier alpha value is -0.220. The van der Waals surface area contributed by atoms with Gasteiger partial charge in [-0.3, -0.25) is 4.79 Å². The van der Waals surface area contributed by atoms with E-state index in [2.05, 4.69) is 0 Å². The zero-order valence-corrected chi connectivity index (χ0v) is 9.71. The number of carboxylic acids is 1. The highest BCUT2D eigenvalue weighted by atomic mass is 32.2. The molecule has 0 spiro atoms. The van der Waals surface area contributed by atoms with Crippen LogP contribution in [0.1, 0.15) is 32.1 Å². The molecule has 0 bridgehead atoms. The Labute approximate surface area is 94.8 Å². The van der Waals surface area contributed by atoms with Gasteiger partial charge in [0.25, 0.3) is 0 Å². The quantitative estimate of drug-likeness (QED) is 0.773. The lowest BCUT2D eigenvalue weighted by Gasteiger charge is -2.28. The van der Waals surface area contributed by atoms with Crippen molar-refractivity contribution in [3.63, 3.8) is 0 Å². The molecule has 0 aromatic rings. The van der Waals surface area contributed by atoms with Gasteiger partial charge in [0, 0.05) is 5.25 Å². The molecule has 3 N–H and O–H groups in total. The van der Waals surface area contributed by atoms with E-state index in [1.807, 2.05) is 11.8 Å². The van der Waals surface area contributed by atoms with Crippen LogP contribution in [-0.2, 0) is 4.79 Å². The van der Waals surface area contributed by atoms with Crippen molar-refractivity contribution in [2.75, 3.05) is 5.75 Å². The molecule has 15 heavy (non-hydrogen) atoms. The van der Waals surface area contributed by atoms with Crippen molar-refractivity contribution in [2.45, 2.75) is 43.4 Å². The molecule has 2 aliphatic rings. The molecule has 4 heteroatoms. The van der Waals surface area contributed by atoms with Crippen molar-refractivity contribution in [3.8, 4) is 0 Å². The monoisotopic (exact) mass is 229 g/mol. The lowest BCUT2D eigenvalue weighted by molar-refractivity contribution is -0.139. The number of hydrogen-bond acceptors (Lipinski definition) is 3. The first-order valence-electron chi connectivity index (χ1n) is 5.78. The van der Waals surface area contributed by atoms with E-state index < -0.39 is 12.0 Å². The van der Waals surface area contributed by atoms with Crippen LogP contribution < -0.4 is 5.73 Å². The van der Waals surface area contributed by atoms with Gasteiger partial charge in [-0.25, -0.2) is 0 Å². The maximum Gasteiger partial charge on any atom is 0.320 e. The van der Waals surface area contributed by atoms with Crippen LogP contribution in [0, 0.1) is 11.8 Å². The summed E-state index contributed by atoms with van der Waals surface area (Å²) in [5.74, 6) is 1.57. The summed E-state index contributed by atoms with van der Waals surface area (Å²) in [5, 5.41) is 9.60. The molecule has 0 amide bonds. The lowest BCUT2D eigenvalue weighted by Crippen LogP contribution is -2.35. The summed E-state index contributed by atoms with van der Waals surface area (Å²) in [4.78, 5) is 10.7. The van der Waals surface area contributed by atoms with Crippen molar-refractivity contribution in [1.29, 1.82) is 0 Å². The Balaban J connectivity index is 1.90. The Morgan fingerprint density at radius 2 is 2.20 bits per heavy atom. The first-order chi connectivity index (χ1) is 7.18. The van der Waals surface area contributed by atoms with Gasteiger partial charge in [-0.05, 0) is 36.9 Å². The molecule has 1 saturated heterocycles. The summed E-state index contributed by atoms with van der Waals surface area (Å²) in [6.07, 6.45) is 5.96. The molecule has 86 valence electrons. The summed E-state index contributed by atoms with van der Waals surface area (Å²) in [6.45, 7) is 0. The van der Waals surface area contributed by atoms with Gasteiger partial charge in [0.05, 0.1) is 0 Å². The molecule has 0 aromatic heterocycles. The maximum absolute atomic E-state index is 10.7. The molecule has 3 unspecified atom stereocenters. The zero-order chi connectivity index (χ0) is 10.8. The minimum absolute atomic E-state index is 0.548. The van der Waals surface area contributed by atoms with E-state index in [1.165, 1.54) is 25.7 Å². The Bertz CT molecular complexity index is 247. The number of hydrogen-bond donors (Lipinski definition) is 2. The highest BCUT2D eigenvalue weighted by Crippen LogP contribution is 2.46. The summed E-state index contributed by atoms with van der Waals surface area (Å²) < 4.78 is 0. The highest BCUT2D eigenvalue weighted by molar-refractivity contribution is 8.00. The van der Waals surface area contributed by atoms with Gasteiger partial charge in [-0.15, -0.1) is 0 Å². The van der Waals surface area contributed by atoms with Crippen LogP contribution in [0.5, 0.6) is 0 Å². The second kappa shape index (κ2) is 4.74. The second-order valence-corrected chi connectivity index (χ2v) is 6.03. The first-order valence-corrected chi connectivity index (χ1v) is 6.83. The van der Waals surface area contributed by atoms with Gasteiger partial charge in [0.15, 0.2) is 0 Å². The molecule has 1 aliphatic carbocycles. The largest absolute Gasteiger partial charge is 0.480 e. The standard InChI is InChI=1S/C11H19NO2S/c12-9(11(13)14)5-7-6-15-10-4-2-1-3-8(7)10/h7-10H,1-6,12H2,(H,13,14)/t7?,8?,9-,10?/m0/s1. The Morgan fingerprint density at radius 3 is 2.93 bits per heavy atom. The fourth-order valence-electron chi connectivity index (χ4n) is 2.91. The van der Waals surface area contributed by atoms with Crippen LogP contribution in [0.4, 0.5) is 0 Å². The fourth-order valence-corrected chi connectivity index (χ4v) is 4.73. The predicted octanol–water partition coefficient (Wildman–Crippen LogP) is 1.71. The van der Waals surface area contributed by atoms with E-state index in [0.717, 1.165) is 16.9 Å². The molecule has 1 heterocycles. The van der Waals surface area contributed by atoms with Crippen LogP contribution in [-0.4, -0.2) is 28.1 Å². The van der Waals surface area contributed by atoms with E-state index in [1.54, 1.807) is 0 Å². The topological polar surface area (TPSA) is 63.3 Å². The van der Waals surface area contributed by atoms with Gasteiger partial charge in [0.1, 0.15) is 6.04 Å². The number of fused-ring (bicyclic) bond motifs is 1. The lowest BCUT2D eigenvalue weighted by atomic mass is 9.78. The molecule has 2 rings (SSSR count). The fraction of sp³-hybridized carbons (Fsp3) is 0.909. The number of carbonyl (C=O) groups is 1. The third-order valence-electron chi connectivity index (χ3n) is 3.76. The van der Waals surface area contributed by atoms with Gasteiger partial charge in [-0.2, -0.15) is 11.8 Å². The molecule has 1 aliphatic heterocycles. The van der Waals surface area contributed by atoms with Crippen molar-refractivity contribution < 1.29 is 9.90 Å². The van der Waals surface area contributed by atoms with Gasteiger partial charge in [0.2, 0.25) is 0 Å². The molecule has 0 radical (unpaired) electrons. The average molecular weight is 229 g/mol. The average Bonchev–Trinajstić information content (AvgIpc) is 2.62. The molecule has 3 nitrogen and oxygen atoms in total. The Morgan fingerprint density at radius 1 is 1.47 bits per heavy atom. The van der Waals surface area contributed by atoms with E-state index in [9.17, 15) is 4.79 Å². The van der Waals surface area contributed by atoms with Gasteiger partial charge in [-0.1, -0.05) is 12.8 Å². The summed E-state index contributed by atoms with van der Waals surface area (Å²) in [6, 6.07) is -0.656. The van der Waals surface area contributed by atoms with Crippen molar-refractivity contribution in [3.05, 3.63) is 0 Å². The minimum Gasteiger partial charge on any atom is -0.480 e. The van der Waals surface area contributed by atoms with Crippen molar-refractivity contribution >= 4 is 17.7 Å². The van der Waals surface area contributed by atoms with Crippen LogP contribution in [0.15, 0.2) is 0 Å². The van der Waals surface area contributed by atoms with E-state index in [0.29, 0.717) is 12.3 Å². The van der Waals surface area contributed by atoms with Gasteiger partial charge < -0.3 is 10.8 Å². The number of carboxylic acid groups (broad SMARTS) is 1. The van der Waals surface area contributed by atoms with E-state index in [4.69, 9.17) is 10.8 Å². The minimum atomic E-state index is -0.848. The normalized spacial score (nSPS) is 37.3. The number of aliphatic carboxylic acids is 1. The summed E-state index contributed by atoms with van der Waals surface area (Å²) in [5.41, 5.74) is 5.61. The van der Waals surface area contributed by atoms with Crippen LogP contribution in [0.3, 0.4) is 0 Å². The number of thioether (sulfide) groups is 1. The number of rotatable bonds is 3. The zero-order valence-electron chi connectivity index (χ0n) is 8.89. The summed E-state index contributed by atoms with van der Waals surface area (Å²) >= 11 is 2.04. The maximum atomic E-state index is 10.7. The van der Waals surface area contributed by atoms with E-state index >= 15 is 0 Å². The van der Waals surface area contributed by atoms with Crippen molar-refractivity contribution in [1.82, 2.24) is 0 Å². The smallest absolute Gasteiger partial charge is 0.320 e. The predicted molar refractivity (Wildman–Crippen MR) is 61.9 cm³/mol. The SMILES string of the molecule is N[C@@H](CC1CSC2CCCCC12)C(=O)O. The second-order valence-electron chi connectivity index (χ2n) is 4.76. The molecule has 0 aromatic carbocycles. The van der Waals surface area contributed by atoms with Crippen molar-refractivity contribution in [2.24, 2.45) is 17.6 Å². The Kier molecular flexibility index (Phi) is 3.57.